The van der Waals surface area contributed by atoms with Gasteiger partial charge in [-0.1, -0.05) is 67.1 Å². The van der Waals surface area contributed by atoms with Crippen molar-refractivity contribution >= 4 is 27.5 Å². The third kappa shape index (κ3) is 7.96. The summed E-state index contributed by atoms with van der Waals surface area (Å²) in [5.74, 6) is 0.844. The van der Waals surface area contributed by atoms with Crippen molar-refractivity contribution in [3.8, 4) is 0 Å². The molecule has 0 aliphatic rings. The van der Waals surface area contributed by atoms with E-state index in [1.165, 1.54) is 32.1 Å². The molecule has 1 N–H and O–H groups in total. The second kappa shape index (κ2) is 9.79. The quantitative estimate of drug-likeness (QED) is 0.557. The van der Waals surface area contributed by atoms with Gasteiger partial charge in [-0.25, -0.2) is 0 Å². The molecule has 19 heavy (non-hydrogen) atoms. The van der Waals surface area contributed by atoms with Crippen LogP contribution in [0.3, 0.4) is 0 Å². The van der Waals surface area contributed by atoms with Crippen LogP contribution in [0.25, 0.3) is 0 Å². The Morgan fingerprint density at radius 2 is 1.89 bits per heavy atom. The number of hydrogen-bond acceptors (Lipinski definition) is 1. The lowest BCUT2D eigenvalue weighted by Crippen LogP contribution is -2.14. The van der Waals surface area contributed by atoms with E-state index in [9.17, 15) is 0 Å². The molecule has 1 aromatic rings. The Morgan fingerprint density at radius 3 is 2.63 bits per heavy atom. The van der Waals surface area contributed by atoms with E-state index in [-0.39, 0.29) is 0 Å². The summed E-state index contributed by atoms with van der Waals surface area (Å²) in [6.07, 6.45) is 6.67. The zero-order valence-electron chi connectivity index (χ0n) is 12.0. The molecule has 0 bridgehead atoms. The van der Waals surface area contributed by atoms with Crippen molar-refractivity contribution in [2.24, 2.45) is 5.92 Å². The Labute approximate surface area is 131 Å². The molecular weight excluding hydrogens is 322 g/mol. The van der Waals surface area contributed by atoms with Crippen LogP contribution in [0.1, 0.15) is 51.5 Å². The molecule has 0 heterocycles. The number of nitrogens with one attached hydrogen (secondary N) is 1. The van der Waals surface area contributed by atoms with Crippen LogP contribution in [-0.2, 0) is 6.54 Å². The van der Waals surface area contributed by atoms with Crippen LogP contribution in [0.15, 0.2) is 22.7 Å². The standard InChI is InChI=1S/C16H25BrClN/c1-13(2)7-5-3-4-6-10-19-12-14-11-15(17)8-9-16(14)18/h8-9,11,13,19H,3-7,10,12H2,1-2H3. The van der Waals surface area contributed by atoms with Gasteiger partial charge in [0, 0.05) is 16.0 Å². The molecule has 0 fully saturated rings. The van der Waals surface area contributed by atoms with Crippen LogP contribution in [0.2, 0.25) is 5.02 Å². The first kappa shape index (κ1) is 17.0. The van der Waals surface area contributed by atoms with Crippen LogP contribution in [-0.4, -0.2) is 6.54 Å². The summed E-state index contributed by atoms with van der Waals surface area (Å²) in [5.41, 5.74) is 1.16. The SMILES string of the molecule is CC(C)CCCCCCNCc1cc(Br)ccc1Cl. The average molecular weight is 347 g/mol. The van der Waals surface area contributed by atoms with Gasteiger partial charge in [-0.2, -0.15) is 0 Å². The topological polar surface area (TPSA) is 12.0 Å². The van der Waals surface area contributed by atoms with Crippen molar-refractivity contribution in [1.82, 2.24) is 5.32 Å². The largest absolute Gasteiger partial charge is 0.313 e. The molecule has 0 unspecified atom stereocenters. The van der Waals surface area contributed by atoms with E-state index in [0.717, 1.165) is 34.1 Å². The number of rotatable bonds is 9. The van der Waals surface area contributed by atoms with Crippen LogP contribution in [0.4, 0.5) is 0 Å². The molecule has 0 saturated carbocycles. The van der Waals surface area contributed by atoms with E-state index in [0.29, 0.717) is 0 Å². The maximum absolute atomic E-state index is 6.15. The molecule has 108 valence electrons. The highest BCUT2D eigenvalue weighted by molar-refractivity contribution is 9.10. The predicted octanol–water partition coefficient (Wildman–Crippen LogP) is 5.80. The second-order valence-corrected chi connectivity index (χ2v) is 6.83. The average Bonchev–Trinajstić information content (AvgIpc) is 2.36. The van der Waals surface area contributed by atoms with Gasteiger partial charge in [0.05, 0.1) is 0 Å². The minimum absolute atomic E-state index is 0.840. The lowest BCUT2D eigenvalue weighted by atomic mass is 10.0. The van der Waals surface area contributed by atoms with Crippen LogP contribution < -0.4 is 5.32 Å². The van der Waals surface area contributed by atoms with Crippen molar-refractivity contribution in [3.05, 3.63) is 33.3 Å². The first-order valence-electron chi connectivity index (χ1n) is 7.24. The van der Waals surface area contributed by atoms with Crippen molar-refractivity contribution < 1.29 is 0 Å². The molecule has 0 aliphatic carbocycles. The van der Waals surface area contributed by atoms with Gasteiger partial charge in [0.25, 0.3) is 0 Å². The Kier molecular flexibility index (Phi) is 8.76. The lowest BCUT2D eigenvalue weighted by Gasteiger charge is -2.08. The molecule has 0 radical (unpaired) electrons. The normalized spacial score (nSPS) is 11.2. The van der Waals surface area contributed by atoms with E-state index in [4.69, 9.17) is 11.6 Å². The second-order valence-electron chi connectivity index (χ2n) is 5.51. The summed E-state index contributed by atoms with van der Waals surface area (Å²) in [5, 5.41) is 4.30. The fraction of sp³-hybridized carbons (Fsp3) is 0.625. The van der Waals surface area contributed by atoms with Gasteiger partial charge in [-0.3, -0.25) is 0 Å². The Hall–Kier alpha value is -0.0500. The molecule has 0 amide bonds. The van der Waals surface area contributed by atoms with Gasteiger partial charge in [0.15, 0.2) is 0 Å². The summed E-state index contributed by atoms with van der Waals surface area (Å²) < 4.78 is 1.09. The Morgan fingerprint density at radius 1 is 1.16 bits per heavy atom. The third-order valence-corrected chi connectivity index (χ3v) is 4.07. The van der Waals surface area contributed by atoms with Gasteiger partial charge in [0.2, 0.25) is 0 Å². The zero-order chi connectivity index (χ0) is 14.1. The van der Waals surface area contributed by atoms with Crippen molar-refractivity contribution in [2.45, 2.75) is 52.5 Å². The van der Waals surface area contributed by atoms with E-state index in [1.54, 1.807) is 0 Å². The van der Waals surface area contributed by atoms with Gasteiger partial charge in [-0.05, 0) is 42.6 Å². The highest BCUT2D eigenvalue weighted by Gasteiger charge is 2.00. The minimum Gasteiger partial charge on any atom is -0.313 e. The Bertz CT molecular complexity index is 366. The highest BCUT2D eigenvalue weighted by atomic mass is 79.9. The van der Waals surface area contributed by atoms with E-state index in [2.05, 4.69) is 41.2 Å². The number of unbranched alkanes of at least 4 members (excludes halogenated alkanes) is 3. The van der Waals surface area contributed by atoms with Crippen molar-refractivity contribution in [3.63, 3.8) is 0 Å². The fourth-order valence-corrected chi connectivity index (χ4v) is 2.65. The van der Waals surface area contributed by atoms with E-state index in [1.807, 2.05) is 12.1 Å². The highest BCUT2D eigenvalue weighted by Crippen LogP contribution is 2.20. The summed E-state index contributed by atoms with van der Waals surface area (Å²) in [4.78, 5) is 0. The third-order valence-electron chi connectivity index (χ3n) is 3.21. The maximum Gasteiger partial charge on any atom is 0.0451 e. The van der Waals surface area contributed by atoms with Gasteiger partial charge in [0.1, 0.15) is 0 Å². The van der Waals surface area contributed by atoms with E-state index < -0.39 is 0 Å². The van der Waals surface area contributed by atoms with Crippen LogP contribution in [0.5, 0.6) is 0 Å². The first-order valence-corrected chi connectivity index (χ1v) is 8.41. The molecule has 0 saturated heterocycles. The molecule has 0 aliphatic heterocycles. The molecular formula is C16H25BrClN. The summed E-state index contributed by atoms with van der Waals surface area (Å²) in [6, 6.07) is 5.99. The minimum atomic E-state index is 0.840. The molecule has 0 atom stereocenters. The lowest BCUT2D eigenvalue weighted by molar-refractivity contribution is 0.512. The summed E-state index contributed by atoms with van der Waals surface area (Å²) in [7, 11) is 0. The van der Waals surface area contributed by atoms with Crippen LogP contribution >= 0.6 is 27.5 Å². The number of benzene rings is 1. The van der Waals surface area contributed by atoms with Crippen molar-refractivity contribution in [2.75, 3.05) is 6.54 Å². The predicted molar refractivity (Wildman–Crippen MR) is 88.8 cm³/mol. The van der Waals surface area contributed by atoms with Gasteiger partial charge >= 0.3 is 0 Å². The van der Waals surface area contributed by atoms with E-state index >= 15 is 0 Å². The summed E-state index contributed by atoms with van der Waals surface area (Å²) >= 11 is 9.62. The zero-order valence-corrected chi connectivity index (χ0v) is 14.4. The first-order chi connectivity index (χ1) is 9.09. The van der Waals surface area contributed by atoms with Gasteiger partial charge < -0.3 is 5.32 Å². The fourth-order valence-electron chi connectivity index (χ4n) is 2.06. The maximum atomic E-state index is 6.15. The molecule has 0 spiro atoms. The monoisotopic (exact) mass is 345 g/mol. The summed E-state index contributed by atoms with van der Waals surface area (Å²) in [6.45, 7) is 6.52. The van der Waals surface area contributed by atoms with Gasteiger partial charge in [-0.15, -0.1) is 0 Å². The Balaban J connectivity index is 2.06. The molecule has 1 rings (SSSR count). The molecule has 1 nitrogen and oxygen atoms in total. The smallest absolute Gasteiger partial charge is 0.0451 e. The number of hydrogen-bond donors (Lipinski definition) is 1. The molecule has 1 aromatic carbocycles. The van der Waals surface area contributed by atoms with Crippen LogP contribution in [0, 0.1) is 5.92 Å². The molecule has 0 aromatic heterocycles. The number of halogens is 2. The van der Waals surface area contributed by atoms with Crippen molar-refractivity contribution in [1.29, 1.82) is 0 Å². The molecule has 3 heteroatoms.